The van der Waals surface area contributed by atoms with E-state index in [-0.39, 0.29) is 17.0 Å². The lowest BCUT2D eigenvalue weighted by atomic mass is 10.0. The van der Waals surface area contributed by atoms with Gasteiger partial charge in [-0.1, -0.05) is 0 Å². The number of aromatic carboxylic acids is 1. The van der Waals surface area contributed by atoms with Gasteiger partial charge in [0, 0.05) is 10.7 Å². The van der Waals surface area contributed by atoms with Gasteiger partial charge in [0.05, 0.1) is 34.1 Å². The van der Waals surface area contributed by atoms with Gasteiger partial charge in [-0.05, 0) is 60.7 Å². The minimum Gasteiger partial charge on any atom is -0.478 e. The number of nitrogens with zero attached hydrogens (tertiary/aromatic N) is 2. The summed E-state index contributed by atoms with van der Waals surface area (Å²) in [5.41, 5.74) is 0.211. The molecule has 0 aromatic carbocycles. The number of rotatable bonds is 1. The molecule has 3 aliphatic rings. The topological polar surface area (TPSA) is 134 Å². The molecule has 2 aromatic rings. The number of hydrogen-bond acceptors (Lipinski definition) is 5. The predicted octanol–water partition coefficient (Wildman–Crippen LogP) is 0.400. The molecule has 0 aliphatic carbocycles. The van der Waals surface area contributed by atoms with Crippen LogP contribution in [-0.4, -0.2) is 48.4 Å². The maximum Gasteiger partial charge on any atom is 0.337 e. The van der Waals surface area contributed by atoms with Gasteiger partial charge in [-0.2, -0.15) is 0 Å². The number of nitrogens with one attached hydrogen (secondary N) is 2. The number of aromatic amines is 2. The molecule has 0 spiro atoms. The third kappa shape index (κ3) is 3.00. The summed E-state index contributed by atoms with van der Waals surface area (Å²) in [6.45, 7) is 0. The van der Waals surface area contributed by atoms with Crippen LogP contribution in [0.4, 0.5) is 0 Å². The molecule has 0 saturated carbocycles. The Labute approximate surface area is 164 Å². The molecule has 2 aromatic heterocycles. The van der Waals surface area contributed by atoms with Crippen molar-refractivity contribution in [1.82, 2.24) is 9.97 Å². The zero-order valence-corrected chi connectivity index (χ0v) is 15.0. The largest absolute Gasteiger partial charge is 0.478 e. The summed E-state index contributed by atoms with van der Waals surface area (Å²) >= 11 is 0. The summed E-state index contributed by atoms with van der Waals surface area (Å²) < 4.78 is 0. The first kappa shape index (κ1) is 17.4. The van der Waals surface area contributed by atoms with E-state index in [1.54, 1.807) is 24.3 Å². The molecular formula is C21H16N4O4. The average Bonchev–Trinajstić information content (AvgIpc) is 3.44. The van der Waals surface area contributed by atoms with Crippen molar-refractivity contribution in [1.29, 1.82) is 0 Å². The average molecular weight is 388 g/mol. The van der Waals surface area contributed by atoms with Gasteiger partial charge in [0.25, 0.3) is 0 Å². The number of aromatic nitrogens is 2. The standard InChI is InChI=1S/C21H16N4O4/c26-19-18-10-16(20(27)28)17(24-18)9-14-4-3-12(23-14)7-11-1-2-13(22-11)8-15-5-6-21(19,29)25-15/h1-10,19,22,24,26,29H,(H,27,28). The number of carboxylic acid groups (broad SMARTS) is 1. The van der Waals surface area contributed by atoms with E-state index in [2.05, 4.69) is 20.0 Å². The zero-order valence-electron chi connectivity index (χ0n) is 15.0. The van der Waals surface area contributed by atoms with Gasteiger partial charge in [-0.15, -0.1) is 0 Å². The second-order valence-corrected chi connectivity index (χ2v) is 7.01. The molecule has 5 N–H and O–H groups in total. The van der Waals surface area contributed by atoms with Crippen LogP contribution in [0.1, 0.15) is 27.8 Å². The highest BCUT2D eigenvalue weighted by Gasteiger charge is 2.38. The Morgan fingerprint density at radius 2 is 1.79 bits per heavy atom. The van der Waals surface area contributed by atoms with Crippen LogP contribution in [-0.2, 0) is 0 Å². The van der Waals surface area contributed by atoms with Crippen LogP contribution in [0.15, 0.2) is 58.2 Å². The van der Waals surface area contributed by atoms with Gasteiger partial charge >= 0.3 is 5.97 Å². The Balaban J connectivity index is 1.74. The minimum atomic E-state index is -1.91. The number of aliphatic hydroxyl groups excluding tert-OH is 1. The fourth-order valence-corrected chi connectivity index (χ4v) is 3.50. The molecule has 3 aliphatic heterocycles. The Morgan fingerprint density at radius 1 is 1.03 bits per heavy atom. The third-order valence-electron chi connectivity index (χ3n) is 4.92. The van der Waals surface area contributed by atoms with E-state index in [1.807, 2.05) is 24.3 Å². The lowest BCUT2D eigenvalue weighted by molar-refractivity contribution is -0.0347. The number of allylic oxidation sites excluding steroid dienone is 3. The maximum absolute atomic E-state index is 11.7. The summed E-state index contributed by atoms with van der Waals surface area (Å²) in [6, 6.07) is 5.06. The van der Waals surface area contributed by atoms with Gasteiger partial charge in [-0.3, -0.25) is 0 Å². The van der Waals surface area contributed by atoms with Gasteiger partial charge in [0.15, 0.2) is 0 Å². The highest BCUT2D eigenvalue weighted by molar-refractivity contribution is 6.20. The summed E-state index contributed by atoms with van der Waals surface area (Å²) in [6.07, 6.45) is 10.3. The van der Waals surface area contributed by atoms with E-state index in [9.17, 15) is 20.1 Å². The Hall–Kier alpha value is -3.75. The van der Waals surface area contributed by atoms with Gasteiger partial charge in [-0.25, -0.2) is 14.8 Å². The molecular weight excluding hydrogens is 372 g/mol. The Morgan fingerprint density at radius 3 is 2.55 bits per heavy atom. The van der Waals surface area contributed by atoms with Crippen LogP contribution in [0.5, 0.6) is 0 Å². The predicted molar refractivity (Wildman–Crippen MR) is 108 cm³/mol. The molecule has 0 saturated heterocycles. The monoisotopic (exact) mass is 388 g/mol. The minimum absolute atomic E-state index is 0.0353. The van der Waals surface area contributed by atoms with Crippen molar-refractivity contribution < 1.29 is 20.1 Å². The highest BCUT2D eigenvalue weighted by atomic mass is 16.4. The smallest absolute Gasteiger partial charge is 0.337 e. The second kappa shape index (κ2) is 6.13. The first-order chi connectivity index (χ1) is 13.9. The fourth-order valence-electron chi connectivity index (χ4n) is 3.50. The normalized spacial score (nSPS) is 24.5. The summed E-state index contributed by atoms with van der Waals surface area (Å²) in [5, 5.41) is 32.7. The van der Waals surface area contributed by atoms with Crippen molar-refractivity contribution in [2.45, 2.75) is 11.8 Å². The first-order valence-electron chi connectivity index (χ1n) is 8.92. The maximum atomic E-state index is 11.7. The molecule has 29 heavy (non-hydrogen) atoms. The van der Waals surface area contributed by atoms with Crippen molar-refractivity contribution >= 4 is 35.6 Å². The third-order valence-corrected chi connectivity index (χ3v) is 4.92. The van der Waals surface area contributed by atoms with Crippen molar-refractivity contribution in [2.24, 2.45) is 9.98 Å². The number of carbonyl (C=O) groups is 1. The van der Waals surface area contributed by atoms with E-state index in [1.165, 1.54) is 12.1 Å². The number of aliphatic imine (C=N–C) groups is 2. The van der Waals surface area contributed by atoms with Crippen LogP contribution in [0.25, 0.3) is 18.2 Å². The Bertz CT molecular complexity index is 1320. The molecule has 8 heteroatoms. The number of hydrogen-bond donors (Lipinski definition) is 5. The van der Waals surface area contributed by atoms with Gasteiger partial charge < -0.3 is 25.3 Å². The molecule has 0 amide bonds. The van der Waals surface area contributed by atoms with Gasteiger partial charge in [0.1, 0.15) is 6.10 Å². The van der Waals surface area contributed by atoms with Crippen molar-refractivity contribution in [3.63, 3.8) is 0 Å². The van der Waals surface area contributed by atoms with E-state index in [4.69, 9.17) is 0 Å². The summed E-state index contributed by atoms with van der Waals surface area (Å²) in [5.74, 6) is -1.16. The quantitative estimate of drug-likeness (QED) is 0.483. The van der Waals surface area contributed by atoms with E-state index in [0.29, 0.717) is 17.1 Å². The van der Waals surface area contributed by atoms with Crippen molar-refractivity contribution in [3.05, 3.63) is 75.8 Å². The number of H-pyrrole nitrogens is 2. The first-order valence-corrected chi connectivity index (χ1v) is 8.92. The summed E-state index contributed by atoms with van der Waals surface area (Å²) in [4.78, 5) is 26.5. The molecule has 8 bridgehead atoms. The zero-order chi connectivity index (χ0) is 20.2. The molecule has 2 atom stereocenters. The number of aliphatic hydroxyl groups is 2. The highest BCUT2D eigenvalue weighted by Crippen LogP contribution is 2.33. The van der Waals surface area contributed by atoms with Crippen LogP contribution in [0.3, 0.4) is 0 Å². The molecule has 2 unspecified atom stereocenters. The van der Waals surface area contributed by atoms with E-state index >= 15 is 0 Å². The lowest BCUT2D eigenvalue weighted by Crippen LogP contribution is -2.31. The van der Waals surface area contributed by atoms with Crippen LogP contribution in [0.2, 0.25) is 0 Å². The molecule has 0 radical (unpaired) electrons. The van der Waals surface area contributed by atoms with Crippen molar-refractivity contribution in [3.8, 4) is 0 Å². The molecule has 0 fully saturated rings. The molecule has 5 rings (SSSR count). The number of fused-ring (bicyclic) bond motifs is 6. The van der Waals surface area contributed by atoms with Crippen LogP contribution in [0, 0.1) is 0 Å². The lowest BCUT2D eigenvalue weighted by Gasteiger charge is -2.23. The summed E-state index contributed by atoms with van der Waals surface area (Å²) in [7, 11) is 0. The Kier molecular flexibility index (Phi) is 3.67. The van der Waals surface area contributed by atoms with Crippen molar-refractivity contribution in [2.75, 3.05) is 0 Å². The fraction of sp³-hybridized carbons (Fsp3) is 0.0952. The van der Waals surface area contributed by atoms with Gasteiger partial charge in [0.2, 0.25) is 5.72 Å². The van der Waals surface area contributed by atoms with Crippen LogP contribution < -0.4 is 10.7 Å². The SMILES string of the molecule is O=C(O)c1cc2[nH]c1C=C1C=CC(=N1)C=c1ccc([nH]1)=CC1=NC(O)(C=C1)C2O. The van der Waals surface area contributed by atoms with E-state index in [0.717, 1.165) is 10.7 Å². The van der Waals surface area contributed by atoms with Crippen LogP contribution >= 0.6 is 0 Å². The molecule has 144 valence electrons. The number of carboxylic acids is 1. The second-order valence-electron chi connectivity index (χ2n) is 7.01. The van der Waals surface area contributed by atoms with E-state index < -0.39 is 17.8 Å². The molecule has 5 heterocycles. The molecule has 8 nitrogen and oxygen atoms in total.